The minimum absolute atomic E-state index is 0.614. The predicted octanol–water partition coefficient (Wildman–Crippen LogP) is 1.96. The molecule has 1 heterocycles. The molecule has 0 radical (unpaired) electrons. The van der Waals surface area contributed by atoms with Crippen LogP contribution >= 0.6 is 11.6 Å². The van der Waals surface area contributed by atoms with Crippen LogP contribution in [-0.2, 0) is 0 Å². The van der Waals surface area contributed by atoms with E-state index in [-0.39, 0.29) is 0 Å². The molecule has 0 aromatic heterocycles. The van der Waals surface area contributed by atoms with Crippen molar-refractivity contribution in [1.29, 1.82) is 5.26 Å². The molecule has 0 spiro atoms. The zero-order valence-electron chi connectivity index (χ0n) is 9.28. The highest BCUT2D eigenvalue weighted by molar-refractivity contribution is 6.33. The molecule has 0 atom stereocenters. The van der Waals surface area contributed by atoms with Gasteiger partial charge >= 0.3 is 0 Å². The summed E-state index contributed by atoms with van der Waals surface area (Å²) in [6.45, 7) is 4.08. The van der Waals surface area contributed by atoms with Crippen molar-refractivity contribution in [2.24, 2.45) is 0 Å². The lowest BCUT2D eigenvalue weighted by Gasteiger charge is -2.34. The number of nitrogens with zero attached hydrogens (tertiary/aromatic N) is 3. The first-order valence-corrected chi connectivity index (χ1v) is 5.71. The summed E-state index contributed by atoms with van der Waals surface area (Å²) in [7, 11) is 2.12. The molecule has 0 N–H and O–H groups in total. The van der Waals surface area contributed by atoms with Crippen molar-refractivity contribution in [3.05, 3.63) is 28.8 Å². The molecule has 16 heavy (non-hydrogen) atoms. The maximum Gasteiger partial charge on any atom is 0.0992 e. The third-order valence-corrected chi connectivity index (χ3v) is 3.22. The van der Waals surface area contributed by atoms with Gasteiger partial charge in [0.1, 0.15) is 0 Å². The molecule has 4 heteroatoms. The summed E-state index contributed by atoms with van der Waals surface area (Å²) in [6, 6.07) is 7.58. The summed E-state index contributed by atoms with van der Waals surface area (Å²) in [4.78, 5) is 4.57. The van der Waals surface area contributed by atoms with Gasteiger partial charge in [-0.25, -0.2) is 0 Å². The van der Waals surface area contributed by atoms with Gasteiger partial charge in [0.25, 0.3) is 0 Å². The summed E-state index contributed by atoms with van der Waals surface area (Å²) in [5.41, 5.74) is 1.65. The Morgan fingerprint density at radius 2 is 1.94 bits per heavy atom. The molecular weight excluding hydrogens is 222 g/mol. The fourth-order valence-corrected chi connectivity index (χ4v) is 2.18. The van der Waals surface area contributed by atoms with Crippen LogP contribution in [-0.4, -0.2) is 38.1 Å². The molecule has 1 fully saturated rings. The third-order valence-electron chi connectivity index (χ3n) is 2.92. The van der Waals surface area contributed by atoms with Crippen LogP contribution in [0.5, 0.6) is 0 Å². The number of hydrogen-bond acceptors (Lipinski definition) is 3. The van der Waals surface area contributed by atoms with Crippen molar-refractivity contribution in [3.8, 4) is 6.07 Å². The quantitative estimate of drug-likeness (QED) is 0.746. The topological polar surface area (TPSA) is 30.3 Å². The maximum absolute atomic E-state index is 8.77. The fraction of sp³-hybridized carbons (Fsp3) is 0.417. The van der Waals surface area contributed by atoms with E-state index in [9.17, 15) is 0 Å². The van der Waals surface area contributed by atoms with Crippen molar-refractivity contribution in [2.45, 2.75) is 0 Å². The number of hydrogen-bond donors (Lipinski definition) is 0. The van der Waals surface area contributed by atoms with Gasteiger partial charge < -0.3 is 9.80 Å². The number of likely N-dealkylation sites (N-methyl/N-ethyl adjacent to an activating group) is 1. The second-order valence-electron chi connectivity index (χ2n) is 4.07. The molecular formula is C12H14ClN3. The molecule has 2 rings (SSSR count). The van der Waals surface area contributed by atoms with E-state index in [0.29, 0.717) is 10.6 Å². The van der Waals surface area contributed by atoms with E-state index >= 15 is 0 Å². The normalized spacial score (nSPS) is 17.2. The Morgan fingerprint density at radius 1 is 1.25 bits per heavy atom. The van der Waals surface area contributed by atoms with Crippen molar-refractivity contribution >= 4 is 17.3 Å². The third kappa shape index (κ3) is 2.29. The summed E-state index contributed by atoms with van der Waals surface area (Å²) >= 11 is 6.17. The molecule has 0 bridgehead atoms. The summed E-state index contributed by atoms with van der Waals surface area (Å²) in [6.07, 6.45) is 0. The molecule has 3 nitrogen and oxygen atoms in total. The lowest BCUT2D eigenvalue weighted by atomic mass is 10.2. The monoisotopic (exact) mass is 235 g/mol. The first kappa shape index (κ1) is 11.3. The van der Waals surface area contributed by atoms with Gasteiger partial charge in [0.2, 0.25) is 0 Å². The summed E-state index contributed by atoms with van der Waals surface area (Å²) < 4.78 is 0. The number of benzene rings is 1. The van der Waals surface area contributed by atoms with Gasteiger partial charge in [-0.2, -0.15) is 5.26 Å². The molecule has 0 aliphatic carbocycles. The number of nitriles is 1. The van der Waals surface area contributed by atoms with Crippen LogP contribution in [0.4, 0.5) is 5.69 Å². The van der Waals surface area contributed by atoms with E-state index in [1.807, 2.05) is 12.1 Å². The van der Waals surface area contributed by atoms with Gasteiger partial charge in [-0.05, 0) is 25.2 Å². The molecule has 1 aliphatic rings. The first-order chi connectivity index (χ1) is 7.70. The smallest absolute Gasteiger partial charge is 0.0992 e. The molecule has 84 valence electrons. The molecule has 0 saturated carbocycles. The molecule has 0 amide bonds. The van der Waals surface area contributed by atoms with Crippen LogP contribution in [0.1, 0.15) is 5.56 Å². The molecule has 1 aliphatic heterocycles. The Balaban J connectivity index is 2.18. The molecule has 1 saturated heterocycles. The highest BCUT2D eigenvalue weighted by Gasteiger charge is 2.16. The van der Waals surface area contributed by atoms with Gasteiger partial charge in [0.05, 0.1) is 22.3 Å². The van der Waals surface area contributed by atoms with E-state index in [1.54, 1.807) is 6.07 Å². The minimum Gasteiger partial charge on any atom is -0.368 e. The lowest BCUT2D eigenvalue weighted by molar-refractivity contribution is 0.313. The predicted molar refractivity (Wildman–Crippen MR) is 65.9 cm³/mol. The highest BCUT2D eigenvalue weighted by atomic mass is 35.5. The highest BCUT2D eigenvalue weighted by Crippen LogP contribution is 2.27. The van der Waals surface area contributed by atoms with E-state index in [4.69, 9.17) is 16.9 Å². The van der Waals surface area contributed by atoms with Gasteiger partial charge in [-0.15, -0.1) is 0 Å². The average molecular weight is 236 g/mol. The van der Waals surface area contributed by atoms with Gasteiger partial charge in [-0.1, -0.05) is 11.6 Å². The van der Waals surface area contributed by atoms with Crippen molar-refractivity contribution in [2.75, 3.05) is 38.1 Å². The minimum atomic E-state index is 0.614. The standard InChI is InChI=1S/C12H14ClN3/c1-15-4-6-16(7-5-15)12-3-2-10(9-14)8-11(12)13/h2-3,8H,4-7H2,1H3. The van der Waals surface area contributed by atoms with Crippen LogP contribution in [0.2, 0.25) is 5.02 Å². The molecule has 0 unspecified atom stereocenters. The Labute approximate surface area is 101 Å². The number of halogens is 1. The first-order valence-electron chi connectivity index (χ1n) is 5.34. The lowest BCUT2D eigenvalue weighted by Crippen LogP contribution is -2.44. The number of piperazine rings is 1. The van der Waals surface area contributed by atoms with Crippen LogP contribution < -0.4 is 4.90 Å². The SMILES string of the molecule is CN1CCN(c2ccc(C#N)cc2Cl)CC1. The van der Waals surface area contributed by atoms with Crippen molar-refractivity contribution in [1.82, 2.24) is 4.90 Å². The Hall–Kier alpha value is -1.24. The zero-order valence-corrected chi connectivity index (χ0v) is 10.0. The van der Waals surface area contributed by atoms with Crippen LogP contribution in [0.15, 0.2) is 18.2 Å². The summed E-state index contributed by atoms with van der Waals surface area (Å²) in [5.74, 6) is 0. The van der Waals surface area contributed by atoms with E-state index in [0.717, 1.165) is 31.9 Å². The second kappa shape index (κ2) is 4.73. The molecule has 1 aromatic carbocycles. The Bertz CT molecular complexity index is 417. The molecule has 1 aromatic rings. The Kier molecular flexibility index (Phi) is 3.33. The summed E-state index contributed by atoms with van der Waals surface area (Å²) in [5, 5.41) is 9.44. The Morgan fingerprint density at radius 3 is 2.50 bits per heavy atom. The number of rotatable bonds is 1. The van der Waals surface area contributed by atoms with Crippen LogP contribution in [0, 0.1) is 11.3 Å². The second-order valence-corrected chi connectivity index (χ2v) is 4.48. The maximum atomic E-state index is 8.77. The largest absolute Gasteiger partial charge is 0.368 e. The van der Waals surface area contributed by atoms with E-state index in [1.165, 1.54) is 0 Å². The fourth-order valence-electron chi connectivity index (χ4n) is 1.88. The zero-order chi connectivity index (χ0) is 11.5. The van der Waals surface area contributed by atoms with Crippen LogP contribution in [0.3, 0.4) is 0 Å². The van der Waals surface area contributed by atoms with Crippen molar-refractivity contribution < 1.29 is 0 Å². The van der Waals surface area contributed by atoms with E-state index in [2.05, 4.69) is 22.9 Å². The van der Waals surface area contributed by atoms with Crippen molar-refractivity contribution in [3.63, 3.8) is 0 Å². The van der Waals surface area contributed by atoms with Gasteiger partial charge in [0.15, 0.2) is 0 Å². The number of anilines is 1. The average Bonchev–Trinajstić information content (AvgIpc) is 2.30. The van der Waals surface area contributed by atoms with Crippen LogP contribution in [0.25, 0.3) is 0 Å². The van der Waals surface area contributed by atoms with E-state index < -0.39 is 0 Å². The van der Waals surface area contributed by atoms with Gasteiger partial charge in [0, 0.05) is 26.2 Å². The van der Waals surface area contributed by atoms with Gasteiger partial charge in [-0.3, -0.25) is 0 Å².